The maximum absolute atomic E-state index is 13.2. The molecule has 1 fully saturated rings. The van der Waals surface area contributed by atoms with Gasteiger partial charge in [-0.3, -0.25) is 9.69 Å². The number of nitrogens with one attached hydrogen (secondary N) is 1. The van der Waals surface area contributed by atoms with Crippen LogP contribution in [0, 0.1) is 5.82 Å². The number of hydrogen-bond donors (Lipinski definition) is 1. The van der Waals surface area contributed by atoms with Crippen molar-refractivity contribution in [1.29, 1.82) is 0 Å². The summed E-state index contributed by atoms with van der Waals surface area (Å²) >= 11 is 6.11. The van der Waals surface area contributed by atoms with Crippen molar-refractivity contribution >= 4 is 17.5 Å². The van der Waals surface area contributed by atoms with E-state index in [1.807, 2.05) is 36.1 Å². The van der Waals surface area contributed by atoms with Crippen LogP contribution in [0.4, 0.5) is 4.39 Å². The summed E-state index contributed by atoms with van der Waals surface area (Å²) in [6, 6.07) is 12.3. The fourth-order valence-corrected chi connectivity index (χ4v) is 4.09. The molecular formula is C24H31ClFN3O2. The van der Waals surface area contributed by atoms with Crippen LogP contribution in [-0.2, 0) is 17.9 Å². The first-order valence-electron chi connectivity index (χ1n) is 10.8. The first kappa shape index (κ1) is 23.5. The fourth-order valence-electron chi connectivity index (χ4n) is 3.90. The van der Waals surface area contributed by atoms with Crippen LogP contribution in [0.5, 0.6) is 5.75 Å². The molecule has 2 unspecified atom stereocenters. The minimum absolute atomic E-state index is 0.00419. The molecule has 2 aromatic carbocycles. The van der Waals surface area contributed by atoms with E-state index in [0.717, 1.165) is 30.8 Å². The van der Waals surface area contributed by atoms with Gasteiger partial charge in [-0.25, -0.2) is 4.39 Å². The quantitative estimate of drug-likeness (QED) is 0.662. The molecule has 0 spiro atoms. The lowest BCUT2D eigenvalue weighted by atomic mass is 10.1. The van der Waals surface area contributed by atoms with Gasteiger partial charge in [0.15, 0.2) is 6.61 Å². The summed E-state index contributed by atoms with van der Waals surface area (Å²) in [5.74, 6) is 0.425. The molecule has 2 atom stereocenters. The number of hydrogen-bond acceptors (Lipinski definition) is 4. The monoisotopic (exact) mass is 447 g/mol. The van der Waals surface area contributed by atoms with Crippen LogP contribution in [-0.4, -0.2) is 54.0 Å². The first-order valence-corrected chi connectivity index (χ1v) is 11.1. The Labute approximate surface area is 189 Å². The molecule has 0 aliphatic carbocycles. The van der Waals surface area contributed by atoms with Crippen molar-refractivity contribution in [2.24, 2.45) is 0 Å². The highest BCUT2D eigenvalue weighted by atomic mass is 35.5. The van der Waals surface area contributed by atoms with Crippen LogP contribution in [0.15, 0.2) is 42.5 Å². The molecule has 0 bridgehead atoms. The highest BCUT2D eigenvalue weighted by Crippen LogP contribution is 2.24. The van der Waals surface area contributed by atoms with Gasteiger partial charge in [0.2, 0.25) is 0 Å². The Morgan fingerprint density at radius 1 is 1.16 bits per heavy atom. The highest BCUT2D eigenvalue weighted by Gasteiger charge is 2.32. The summed E-state index contributed by atoms with van der Waals surface area (Å²) in [6.07, 6.45) is 0. The van der Waals surface area contributed by atoms with E-state index < -0.39 is 0 Å². The zero-order valence-electron chi connectivity index (χ0n) is 18.4. The van der Waals surface area contributed by atoms with Crippen LogP contribution >= 0.6 is 11.6 Å². The standard InChI is InChI=1S/C24H31ClFN3O2/c1-4-27-12-20-11-21(25)7-10-23(20)31-16-24(30)29-14-17(2)28(13-18(29)3)15-19-5-8-22(26)9-6-19/h5-11,17-18,27H,4,12-16H2,1-3H3. The molecule has 5 nitrogen and oxygen atoms in total. The Bertz CT molecular complexity index is 878. The average Bonchev–Trinajstić information content (AvgIpc) is 2.75. The third-order valence-corrected chi connectivity index (χ3v) is 5.91. The molecule has 0 aromatic heterocycles. The average molecular weight is 448 g/mol. The van der Waals surface area contributed by atoms with Gasteiger partial charge in [0, 0.05) is 48.8 Å². The number of carbonyl (C=O) groups excluding carboxylic acids is 1. The van der Waals surface area contributed by atoms with Crippen LogP contribution in [0.3, 0.4) is 0 Å². The van der Waals surface area contributed by atoms with E-state index in [-0.39, 0.29) is 30.4 Å². The second-order valence-electron chi connectivity index (χ2n) is 8.12. The number of rotatable bonds is 8. The van der Waals surface area contributed by atoms with Crippen LogP contribution < -0.4 is 10.1 Å². The Morgan fingerprint density at radius 2 is 1.90 bits per heavy atom. The second kappa shape index (κ2) is 10.9. The molecule has 7 heteroatoms. The van der Waals surface area contributed by atoms with Crippen LogP contribution in [0.1, 0.15) is 31.9 Å². The zero-order valence-corrected chi connectivity index (χ0v) is 19.2. The number of carbonyl (C=O) groups is 1. The van der Waals surface area contributed by atoms with Gasteiger partial charge < -0.3 is 15.0 Å². The van der Waals surface area contributed by atoms with Gasteiger partial charge in [0.25, 0.3) is 5.91 Å². The predicted octanol–water partition coefficient (Wildman–Crippen LogP) is 4.09. The maximum atomic E-state index is 13.2. The molecule has 1 heterocycles. The number of benzene rings is 2. The minimum atomic E-state index is -0.227. The van der Waals surface area contributed by atoms with Crippen LogP contribution in [0.2, 0.25) is 5.02 Å². The van der Waals surface area contributed by atoms with Gasteiger partial charge in [-0.05, 0) is 56.3 Å². The van der Waals surface area contributed by atoms with E-state index in [1.165, 1.54) is 12.1 Å². The Morgan fingerprint density at radius 3 is 2.61 bits per heavy atom. The van der Waals surface area contributed by atoms with E-state index >= 15 is 0 Å². The molecular weight excluding hydrogens is 417 g/mol. The third kappa shape index (κ3) is 6.42. The molecule has 1 aliphatic rings. The molecule has 0 radical (unpaired) electrons. The number of halogens is 2. The van der Waals surface area contributed by atoms with E-state index in [9.17, 15) is 9.18 Å². The number of ether oxygens (including phenoxy) is 1. The summed E-state index contributed by atoms with van der Waals surface area (Å²) in [6.45, 7) is 9.81. The van der Waals surface area contributed by atoms with Crippen molar-refractivity contribution < 1.29 is 13.9 Å². The third-order valence-electron chi connectivity index (χ3n) is 5.67. The minimum Gasteiger partial charge on any atom is -0.483 e. The maximum Gasteiger partial charge on any atom is 0.260 e. The molecule has 31 heavy (non-hydrogen) atoms. The predicted molar refractivity (Wildman–Crippen MR) is 122 cm³/mol. The Hall–Kier alpha value is -2.15. The summed E-state index contributed by atoms with van der Waals surface area (Å²) < 4.78 is 19.0. The molecule has 3 rings (SSSR count). The first-order chi connectivity index (χ1) is 14.9. The highest BCUT2D eigenvalue weighted by molar-refractivity contribution is 6.30. The largest absolute Gasteiger partial charge is 0.483 e. The van der Waals surface area contributed by atoms with Crippen molar-refractivity contribution in [3.8, 4) is 5.75 Å². The molecule has 1 aliphatic heterocycles. The number of amides is 1. The summed E-state index contributed by atoms with van der Waals surface area (Å²) in [7, 11) is 0. The molecule has 0 saturated carbocycles. The lowest BCUT2D eigenvalue weighted by Crippen LogP contribution is -2.58. The van der Waals surface area contributed by atoms with Crippen molar-refractivity contribution in [2.75, 3.05) is 26.2 Å². The van der Waals surface area contributed by atoms with Gasteiger partial charge in [-0.2, -0.15) is 0 Å². The second-order valence-corrected chi connectivity index (χ2v) is 8.56. The fraction of sp³-hybridized carbons (Fsp3) is 0.458. The van der Waals surface area contributed by atoms with Crippen molar-refractivity contribution in [1.82, 2.24) is 15.1 Å². The molecule has 1 N–H and O–H groups in total. The smallest absolute Gasteiger partial charge is 0.260 e. The Kier molecular flexibility index (Phi) is 8.29. The molecule has 1 amide bonds. The van der Waals surface area contributed by atoms with Gasteiger partial charge in [0.1, 0.15) is 11.6 Å². The van der Waals surface area contributed by atoms with Gasteiger partial charge in [0.05, 0.1) is 0 Å². The van der Waals surface area contributed by atoms with Crippen molar-refractivity contribution in [3.63, 3.8) is 0 Å². The van der Waals surface area contributed by atoms with Gasteiger partial charge >= 0.3 is 0 Å². The van der Waals surface area contributed by atoms with Gasteiger partial charge in [-0.15, -0.1) is 0 Å². The molecule has 1 saturated heterocycles. The van der Waals surface area contributed by atoms with E-state index in [2.05, 4.69) is 24.1 Å². The van der Waals surface area contributed by atoms with Crippen molar-refractivity contribution in [3.05, 3.63) is 64.4 Å². The van der Waals surface area contributed by atoms with Crippen molar-refractivity contribution in [2.45, 2.75) is 45.9 Å². The normalized spacial score (nSPS) is 19.5. The van der Waals surface area contributed by atoms with E-state index in [4.69, 9.17) is 16.3 Å². The van der Waals surface area contributed by atoms with E-state index in [1.54, 1.807) is 6.07 Å². The number of piperazine rings is 1. The summed E-state index contributed by atoms with van der Waals surface area (Å²) in [5.41, 5.74) is 2.01. The van der Waals surface area contributed by atoms with Gasteiger partial charge in [-0.1, -0.05) is 30.7 Å². The SMILES string of the molecule is CCNCc1cc(Cl)ccc1OCC(=O)N1CC(C)N(Cc2ccc(F)cc2)CC1C. The van der Waals surface area contributed by atoms with Crippen LogP contribution in [0.25, 0.3) is 0 Å². The Balaban J connectivity index is 1.57. The topological polar surface area (TPSA) is 44.8 Å². The molecule has 2 aromatic rings. The van der Waals surface area contributed by atoms with E-state index in [0.29, 0.717) is 23.9 Å². The lowest BCUT2D eigenvalue weighted by molar-refractivity contribution is -0.139. The zero-order chi connectivity index (χ0) is 22.4. The summed E-state index contributed by atoms with van der Waals surface area (Å²) in [4.78, 5) is 17.1. The summed E-state index contributed by atoms with van der Waals surface area (Å²) in [5, 5.41) is 3.91. The lowest BCUT2D eigenvalue weighted by Gasteiger charge is -2.44. The molecule has 168 valence electrons. The number of nitrogens with zero attached hydrogens (tertiary/aromatic N) is 2.